The molecule has 2 fully saturated rings. The van der Waals surface area contributed by atoms with Gasteiger partial charge in [0.05, 0.1) is 19.8 Å². The van der Waals surface area contributed by atoms with Gasteiger partial charge in [-0.3, -0.25) is 0 Å². The number of rotatable bonds is 11. The van der Waals surface area contributed by atoms with Crippen LogP contribution in [-0.2, 0) is 39.5 Å². The molecule has 44 heavy (non-hydrogen) atoms. The Morgan fingerprint density at radius 1 is 0.864 bits per heavy atom. The summed E-state index contributed by atoms with van der Waals surface area (Å²) in [6.07, 6.45) is 1.20. The van der Waals surface area contributed by atoms with Gasteiger partial charge in [-0.05, 0) is 47.8 Å². The lowest BCUT2D eigenvalue weighted by atomic mass is 9.95. The van der Waals surface area contributed by atoms with Gasteiger partial charge in [-0.1, -0.05) is 112 Å². The van der Waals surface area contributed by atoms with Crippen molar-refractivity contribution in [2.45, 2.75) is 83.1 Å². The van der Waals surface area contributed by atoms with Crippen LogP contribution in [0.5, 0.6) is 0 Å². The first-order valence-corrected chi connectivity index (χ1v) is 17.2. The number of hydrogen-bond donors (Lipinski definition) is 0. The highest BCUT2D eigenvalue weighted by molar-refractivity contribution is 6.99. The minimum Gasteiger partial charge on any atom is -0.463 e. The number of ether oxygens (including phenoxy) is 5. The maximum atomic E-state index is 12.7. The van der Waals surface area contributed by atoms with Gasteiger partial charge in [0.25, 0.3) is 8.32 Å². The van der Waals surface area contributed by atoms with Crippen LogP contribution in [0.2, 0.25) is 5.04 Å². The van der Waals surface area contributed by atoms with E-state index in [1.54, 1.807) is 13.0 Å². The van der Waals surface area contributed by atoms with Crippen molar-refractivity contribution in [3.05, 3.63) is 109 Å². The van der Waals surface area contributed by atoms with E-state index in [0.29, 0.717) is 6.61 Å². The number of esters is 1. The van der Waals surface area contributed by atoms with Crippen LogP contribution < -0.4 is 10.4 Å². The van der Waals surface area contributed by atoms with Crippen molar-refractivity contribution in [2.75, 3.05) is 13.2 Å². The second-order valence-electron chi connectivity index (χ2n) is 12.8. The summed E-state index contributed by atoms with van der Waals surface area (Å²) in [4.78, 5) is 12.7. The van der Waals surface area contributed by atoms with Gasteiger partial charge in [0.15, 0.2) is 12.1 Å². The van der Waals surface area contributed by atoms with Gasteiger partial charge >= 0.3 is 5.97 Å². The number of carbonyl (C=O) groups excluding carboxylic acids is 1. The predicted octanol–water partition coefficient (Wildman–Crippen LogP) is 5.51. The van der Waals surface area contributed by atoms with Crippen LogP contribution in [0.1, 0.15) is 47.1 Å². The molecule has 0 radical (unpaired) electrons. The lowest BCUT2D eigenvalue weighted by molar-refractivity contribution is -0.239. The van der Waals surface area contributed by atoms with Crippen LogP contribution in [0.3, 0.4) is 0 Å². The smallest absolute Gasteiger partial charge is 0.330 e. The Balaban J connectivity index is 1.60. The van der Waals surface area contributed by atoms with Crippen molar-refractivity contribution in [1.82, 2.24) is 0 Å². The Labute approximate surface area is 262 Å². The summed E-state index contributed by atoms with van der Waals surface area (Å²) in [5.41, 5.74) is -0.217. The molecule has 5 rings (SSSR count). The molecule has 4 unspecified atom stereocenters. The summed E-state index contributed by atoms with van der Waals surface area (Å²) < 4.78 is 38.6. The number of fused-ring (bicyclic) bond motifs is 1. The molecule has 2 aliphatic rings. The molecule has 2 saturated heterocycles. The molecule has 0 bridgehead atoms. The summed E-state index contributed by atoms with van der Waals surface area (Å²) in [6, 6.07) is 30.8. The Morgan fingerprint density at radius 2 is 1.43 bits per heavy atom. The highest BCUT2D eigenvalue weighted by atomic mass is 28.4. The van der Waals surface area contributed by atoms with E-state index < -0.39 is 44.2 Å². The number of hydrogen-bond acceptors (Lipinski definition) is 7. The zero-order chi connectivity index (χ0) is 31.4. The van der Waals surface area contributed by atoms with Gasteiger partial charge in [0.2, 0.25) is 0 Å². The molecular formula is C36H44O7Si. The largest absolute Gasteiger partial charge is 0.463 e. The topological polar surface area (TPSA) is 72.5 Å². The van der Waals surface area contributed by atoms with E-state index in [-0.39, 0.29) is 18.3 Å². The molecular weight excluding hydrogens is 572 g/mol. The minimum absolute atomic E-state index is 0.0930. The van der Waals surface area contributed by atoms with Gasteiger partial charge in [0, 0.05) is 6.08 Å². The molecule has 234 valence electrons. The van der Waals surface area contributed by atoms with E-state index in [9.17, 15) is 4.79 Å². The summed E-state index contributed by atoms with van der Waals surface area (Å²) in [5, 5.41) is 2.00. The van der Waals surface area contributed by atoms with Crippen LogP contribution >= 0.6 is 0 Å². The van der Waals surface area contributed by atoms with Crippen molar-refractivity contribution in [3.8, 4) is 0 Å². The lowest BCUT2D eigenvalue weighted by Crippen LogP contribution is -2.68. The lowest BCUT2D eigenvalue weighted by Gasteiger charge is -2.45. The van der Waals surface area contributed by atoms with E-state index in [1.165, 1.54) is 6.08 Å². The normalized spacial score (nSPS) is 24.8. The third-order valence-corrected chi connectivity index (χ3v) is 13.2. The molecule has 0 spiro atoms. The summed E-state index contributed by atoms with van der Waals surface area (Å²) >= 11 is 0. The van der Waals surface area contributed by atoms with Gasteiger partial charge in [-0.15, -0.1) is 0 Å². The van der Waals surface area contributed by atoms with Crippen molar-refractivity contribution < 1.29 is 32.9 Å². The highest BCUT2D eigenvalue weighted by Crippen LogP contribution is 2.46. The molecule has 7 nitrogen and oxygen atoms in total. The number of benzene rings is 3. The second kappa shape index (κ2) is 13.1. The van der Waals surface area contributed by atoms with Crippen LogP contribution in [0.25, 0.3) is 0 Å². The molecule has 0 amide bonds. The van der Waals surface area contributed by atoms with Crippen molar-refractivity contribution in [3.63, 3.8) is 0 Å². The summed E-state index contributed by atoms with van der Waals surface area (Å²) in [5.74, 6) is -1.33. The molecule has 4 atom stereocenters. The van der Waals surface area contributed by atoms with Gasteiger partial charge < -0.3 is 28.1 Å². The minimum atomic E-state index is -2.98. The molecule has 2 heterocycles. The number of carbonyl (C=O) groups is 1. The Kier molecular flexibility index (Phi) is 9.60. The fourth-order valence-corrected chi connectivity index (χ4v) is 10.9. The molecule has 2 aliphatic heterocycles. The first-order valence-electron chi connectivity index (χ1n) is 15.3. The average Bonchev–Trinajstić information content (AvgIpc) is 3.44. The molecule has 0 aromatic heterocycles. The van der Waals surface area contributed by atoms with E-state index in [4.69, 9.17) is 28.1 Å². The molecule has 0 aliphatic carbocycles. The third kappa shape index (κ3) is 6.61. The van der Waals surface area contributed by atoms with E-state index in [0.717, 1.165) is 15.9 Å². The summed E-state index contributed by atoms with van der Waals surface area (Å²) in [6.45, 7) is 12.8. The summed E-state index contributed by atoms with van der Waals surface area (Å²) in [7, 11) is -2.98. The van der Waals surface area contributed by atoms with Gasteiger partial charge in [-0.2, -0.15) is 0 Å². The van der Waals surface area contributed by atoms with Crippen LogP contribution in [0, 0.1) is 0 Å². The fraction of sp³-hybridized carbons (Fsp3) is 0.417. The van der Waals surface area contributed by atoms with Crippen LogP contribution in [0.4, 0.5) is 0 Å². The second-order valence-corrected chi connectivity index (χ2v) is 17.1. The fourth-order valence-electron chi connectivity index (χ4n) is 6.29. The quantitative estimate of drug-likeness (QED) is 0.160. The van der Waals surface area contributed by atoms with Gasteiger partial charge in [-0.25, -0.2) is 4.79 Å². The zero-order valence-corrected chi connectivity index (χ0v) is 27.5. The van der Waals surface area contributed by atoms with Crippen LogP contribution in [0.15, 0.2) is 103 Å². The molecule has 0 saturated carbocycles. The van der Waals surface area contributed by atoms with E-state index >= 15 is 0 Å². The van der Waals surface area contributed by atoms with E-state index in [2.05, 4.69) is 69.3 Å². The van der Waals surface area contributed by atoms with Gasteiger partial charge in [0.1, 0.15) is 17.8 Å². The van der Waals surface area contributed by atoms with Crippen molar-refractivity contribution in [1.29, 1.82) is 0 Å². The average molecular weight is 617 g/mol. The monoisotopic (exact) mass is 616 g/mol. The molecule has 8 heteroatoms. The maximum absolute atomic E-state index is 12.7. The molecule has 0 N–H and O–H groups in total. The standard InChI is InChI=1S/C36H44O7Si/c1-7-38-30(37)23-24-36(32(39-25-27-17-11-8-12-18-27)31-33(43-36)42-35(5,6)41-31)26-40-44(34(2,3)4,28-19-13-9-14-20-28)29-21-15-10-16-22-29/h8-24,31-33H,7,25-26H2,1-6H3. The van der Waals surface area contributed by atoms with Crippen molar-refractivity contribution in [2.24, 2.45) is 0 Å². The molecule has 3 aromatic rings. The Bertz CT molecular complexity index is 1370. The SMILES string of the molecule is CCOC(=O)C=CC1(CO[Si](c2ccccc2)(c2ccccc2)C(C)(C)C)OC2OC(C)(C)OC2C1OCc1ccccc1. The Morgan fingerprint density at radius 3 is 1.98 bits per heavy atom. The predicted molar refractivity (Wildman–Crippen MR) is 172 cm³/mol. The zero-order valence-electron chi connectivity index (χ0n) is 26.5. The van der Waals surface area contributed by atoms with Crippen molar-refractivity contribution >= 4 is 24.7 Å². The molecule has 3 aromatic carbocycles. The first-order chi connectivity index (χ1) is 21.0. The maximum Gasteiger partial charge on any atom is 0.330 e. The van der Waals surface area contributed by atoms with E-state index in [1.807, 2.05) is 56.3 Å². The first kappa shape index (κ1) is 32.3. The third-order valence-electron chi connectivity index (χ3n) is 8.20. The van der Waals surface area contributed by atoms with Crippen LogP contribution in [-0.4, -0.2) is 57.4 Å². The highest BCUT2D eigenvalue weighted by Gasteiger charge is 2.63. The Hall–Kier alpha value is -3.11.